The van der Waals surface area contributed by atoms with Crippen molar-refractivity contribution in [3.05, 3.63) is 83.1 Å². The third kappa shape index (κ3) is 4.72. The van der Waals surface area contributed by atoms with E-state index in [1.165, 1.54) is 7.11 Å². The summed E-state index contributed by atoms with van der Waals surface area (Å²) >= 11 is 0. The van der Waals surface area contributed by atoms with Crippen LogP contribution in [0, 0.1) is 0 Å². The third-order valence-electron chi connectivity index (χ3n) is 5.47. The molecule has 1 heterocycles. The van der Waals surface area contributed by atoms with Crippen molar-refractivity contribution >= 4 is 22.9 Å². The number of aromatic carboxylic acids is 1. The molecular formula is C26H23NO7. The number of aliphatic carboxylic acids is 1. The minimum atomic E-state index is -1.22. The minimum Gasteiger partial charge on any atom is -0.497 e. The van der Waals surface area contributed by atoms with Crippen molar-refractivity contribution in [3.8, 4) is 22.6 Å². The molecule has 1 aromatic heterocycles. The highest BCUT2D eigenvalue weighted by Gasteiger charge is 2.22. The van der Waals surface area contributed by atoms with Gasteiger partial charge in [-0.15, -0.1) is 0 Å². The van der Waals surface area contributed by atoms with Gasteiger partial charge in [0.15, 0.2) is 0 Å². The summed E-state index contributed by atoms with van der Waals surface area (Å²) in [7, 11) is 1.49. The highest BCUT2D eigenvalue weighted by Crippen LogP contribution is 2.33. The molecule has 0 fully saturated rings. The van der Waals surface area contributed by atoms with Crippen molar-refractivity contribution < 1.29 is 33.7 Å². The third-order valence-corrected chi connectivity index (χ3v) is 5.47. The highest BCUT2D eigenvalue weighted by atomic mass is 16.5. The van der Waals surface area contributed by atoms with E-state index in [1.807, 2.05) is 36.4 Å². The lowest BCUT2D eigenvalue weighted by Gasteiger charge is -2.12. The predicted octanol–water partition coefficient (Wildman–Crippen LogP) is 4.47. The molecule has 0 unspecified atom stereocenters. The first-order valence-electron chi connectivity index (χ1n) is 10.5. The lowest BCUT2D eigenvalue weighted by Crippen LogP contribution is -2.06. The maximum absolute atomic E-state index is 11.9. The number of hydrogen-bond acceptors (Lipinski definition) is 6. The number of ether oxygens (including phenoxy) is 2. The van der Waals surface area contributed by atoms with Gasteiger partial charge in [0, 0.05) is 23.6 Å². The first-order valence-corrected chi connectivity index (χ1v) is 10.5. The molecule has 0 aliphatic carbocycles. The van der Waals surface area contributed by atoms with Crippen molar-refractivity contribution in [1.82, 2.24) is 0 Å². The van der Waals surface area contributed by atoms with Gasteiger partial charge in [0.25, 0.3) is 0 Å². The van der Waals surface area contributed by atoms with Crippen LogP contribution in [0.15, 0.2) is 65.1 Å². The lowest BCUT2D eigenvalue weighted by atomic mass is 10.0. The number of methoxy groups -OCH3 is 1. The van der Waals surface area contributed by atoms with Gasteiger partial charge < -0.3 is 29.8 Å². The Morgan fingerprint density at radius 1 is 1.00 bits per heavy atom. The Morgan fingerprint density at radius 2 is 1.79 bits per heavy atom. The first-order chi connectivity index (χ1) is 16.4. The zero-order valence-electron chi connectivity index (χ0n) is 18.4. The standard InChI is InChI=1S/C26H23NO7/c1-32-19-7-5-18(11-24(28)29)23(12-19)33-14-21-20-10-17(16-4-2-3-15(9-16)13-27)6-8-22(20)34-25(21)26(30)31/h2-10,12H,11,13-14,27H2,1H3,(H,28,29)(H,30,31). The van der Waals surface area contributed by atoms with Gasteiger partial charge in [0.1, 0.15) is 23.7 Å². The molecule has 34 heavy (non-hydrogen) atoms. The Morgan fingerprint density at radius 3 is 2.50 bits per heavy atom. The second-order valence-corrected chi connectivity index (χ2v) is 7.66. The molecule has 0 amide bonds. The Hall–Kier alpha value is -4.30. The van der Waals surface area contributed by atoms with Crippen LogP contribution in [0.4, 0.5) is 0 Å². The second-order valence-electron chi connectivity index (χ2n) is 7.66. The average molecular weight is 461 g/mol. The number of carboxylic acid groups (broad SMARTS) is 2. The SMILES string of the molecule is COc1ccc(CC(=O)O)c(OCc2c(C(=O)O)oc3ccc(-c4cccc(CN)c4)cc23)c1. The van der Waals surface area contributed by atoms with E-state index in [1.54, 1.807) is 24.3 Å². The van der Waals surface area contributed by atoms with Crippen LogP contribution in [0.1, 0.15) is 27.2 Å². The maximum Gasteiger partial charge on any atom is 0.372 e. The van der Waals surface area contributed by atoms with Crippen LogP contribution in [-0.2, 0) is 24.4 Å². The number of hydrogen-bond donors (Lipinski definition) is 3. The van der Waals surface area contributed by atoms with Gasteiger partial charge >= 0.3 is 11.9 Å². The number of benzene rings is 3. The largest absolute Gasteiger partial charge is 0.497 e. The number of carbonyl (C=O) groups is 2. The van der Waals surface area contributed by atoms with E-state index >= 15 is 0 Å². The van der Waals surface area contributed by atoms with E-state index in [0.717, 1.165) is 16.7 Å². The summed E-state index contributed by atoms with van der Waals surface area (Å²) in [6.07, 6.45) is -0.251. The van der Waals surface area contributed by atoms with Crippen LogP contribution in [0.2, 0.25) is 0 Å². The van der Waals surface area contributed by atoms with E-state index in [9.17, 15) is 19.8 Å². The summed E-state index contributed by atoms with van der Waals surface area (Å²) in [4.78, 5) is 23.2. The first kappa shape index (κ1) is 22.9. The number of furan rings is 1. The number of nitrogens with two attached hydrogens (primary N) is 1. The molecule has 4 rings (SSSR count). The van der Waals surface area contributed by atoms with E-state index < -0.39 is 11.9 Å². The van der Waals surface area contributed by atoms with E-state index in [2.05, 4.69) is 0 Å². The molecule has 0 radical (unpaired) electrons. The lowest BCUT2D eigenvalue weighted by molar-refractivity contribution is -0.136. The van der Waals surface area contributed by atoms with Gasteiger partial charge in [0.05, 0.1) is 19.1 Å². The molecule has 8 nitrogen and oxygen atoms in total. The molecule has 0 bridgehead atoms. The number of carboxylic acids is 2. The van der Waals surface area contributed by atoms with Crippen LogP contribution in [0.3, 0.4) is 0 Å². The van der Waals surface area contributed by atoms with Crippen molar-refractivity contribution in [2.75, 3.05) is 7.11 Å². The molecule has 8 heteroatoms. The number of fused-ring (bicyclic) bond motifs is 1. The molecule has 0 spiro atoms. The number of rotatable bonds is 9. The Bertz CT molecular complexity index is 1370. The normalized spacial score (nSPS) is 10.9. The zero-order chi connectivity index (χ0) is 24.2. The van der Waals surface area contributed by atoms with Crippen LogP contribution in [0.25, 0.3) is 22.1 Å². The smallest absolute Gasteiger partial charge is 0.372 e. The van der Waals surface area contributed by atoms with Crippen LogP contribution in [-0.4, -0.2) is 29.3 Å². The summed E-state index contributed by atoms with van der Waals surface area (Å²) in [5.41, 5.74) is 9.75. The van der Waals surface area contributed by atoms with Crippen molar-refractivity contribution in [2.24, 2.45) is 5.73 Å². The van der Waals surface area contributed by atoms with Crippen LogP contribution < -0.4 is 15.2 Å². The summed E-state index contributed by atoms with van der Waals surface area (Å²) in [6, 6.07) is 18.0. The summed E-state index contributed by atoms with van der Waals surface area (Å²) in [6.45, 7) is 0.268. The predicted molar refractivity (Wildman–Crippen MR) is 125 cm³/mol. The van der Waals surface area contributed by atoms with Gasteiger partial charge in [-0.2, -0.15) is 0 Å². The summed E-state index contributed by atoms with van der Waals surface area (Å²) in [5, 5.41) is 19.5. The molecule has 0 atom stereocenters. The Kier molecular flexibility index (Phi) is 6.51. The van der Waals surface area contributed by atoms with E-state index in [0.29, 0.717) is 40.1 Å². The minimum absolute atomic E-state index is 0.138. The van der Waals surface area contributed by atoms with Crippen molar-refractivity contribution in [3.63, 3.8) is 0 Å². The molecule has 0 saturated carbocycles. The fourth-order valence-electron chi connectivity index (χ4n) is 3.78. The highest BCUT2D eigenvalue weighted by molar-refractivity contribution is 5.96. The van der Waals surface area contributed by atoms with Gasteiger partial charge in [0.2, 0.25) is 5.76 Å². The molecular weight excluding hydrogens is 438 g/mol. The van der Waals surface area contributed by atoms with Gasteiger partial charge in [-0.3, -0.25) is 4.79 Å². The van der Waals surface area contributed by atoms with Crippen molar-refractivity contribution in [2.45, 2.75) is 19.6 Å². The monoisotopic (exact) mass is 461 g/mol. The van der Waals surface area contributed by atoms with Crippen LogP contribution >= 0.6 is 0 Å². The molecule has 4 N–H and O–H groups in total. The topological polar surface area (TPSA) is 132 Å². The Balaban J connectivity index is 1.75. The van der Waals surface area contributed by atoms with E-state index in [4.69, 9.17) is 19.6 Å². The van der Waals surface area contributed by atoms with Crippen molar-refractivity contribution in [1.29, 1.82) is 0 Å². The molecule has 174 valence electrons. The molecule has 4 aromatic rings. The molecule has 0 aliphatic heterocycles. The zero-order valence-corrected chi connectivity index (χ0v) is 18.4. The molecule has 0 aliphatic rings. The maximum atomic E-state index is 11.9. The quantitative estimate of drug-likeness (QED) is 0.333. The molecule has 0 saturated heterocycles. The summed E-state index contributed by atoms with van der Waals surface area (Å²) in [5.74, 6) is -1.69. The fraction of sp³-hybridized carbons (Fsp3) is 0.154. The van der Waals surface area contributed by atoms with Gasteiger partial charge in [-0.1, -0.05) is 30.3 Å². The van der Waals surface area contributed by atoms with Crippen LogP contribution in [0.5, 0.6) is 11.5 Å². The fourth-order valence-corrected chi connectivity index (χ4v) is 3.78. The van der Waals surface area contributed by atoms with Gasteiger partial charge in [-0.25, -0.2) is 4.79 Å². The van der Waals surface area contributed by atoms with Gasteiger partial charge in [-0.05, 0) is 41.0 Å². The molecule has 3 aromatic carbocycles. The average Bonchev–Trinajstić information content (AvgIpc) is 3.21. The summed E-state index contributed by atoms with van der Waals surface area (Å²) < 4.78 is 16.7. The second kappa shape index (κ2) is 9.68. The Labute approximate surface area is 195 Å². The van der Waals surface area contributed by atoms with E-state index in [-0.39, 0.29) is 18.8 Å².